The number of aryl methyl sites for hydroxylation is 1. The summed E-state index contributed by atoms with van der Waals surface area (Å²) in [5.41, 5.74) is 6.76. The first-order valence-electron chi connectivity index (χ1n) is 6.85. The fourth-order valence-corrected chi connectivity index (χ4v) is 2.96. The van der Waals surface area contributed by atoms with Crippen molar-refractivity contribution < 1.29 is 0 Å². The molecule has 1 aliphatic rings. The smallest absolute Gasteiger partial charge is 0.0705 e. The Morgan fingerprint density at radius 2 is 2.05 bits per heavy atom. The van der Waals surface area contributed by atoms with Crippen molar-refractivity contribution in [2.75, 3.05) is 0 Å². The Morgan fingerprint density at radius 3 is 2.68 bits per heavy atom. The first-order valence-corrected chi connectivity index (χ1v) is 6.85. The third-order valence-corrected chi connectivity index (χ3v) is 4.38. The van der Waals surface area contributed by atoms with Crippen molar-refractivity contribution in [3.8, 4) is 0 Å². The van der Waals surface area contributed by atoms with Crippen LogP contribution in [0.1, 0.15) is 37.6 Å². The number of nitrogens with zero attached hydrogens (tertiary/aromatic N) is 1. The molecule has 2 atom stereocenters. The van der Waals surface area contributed by atoms with E-state index < -0.39 is 0 Å². The topological polar surface area (TPSA) is 50.9 Å². The van der Waals surface area contributed by atoms with Crippen LogP contribution in [-0.2, 0) is 0 Å². The maximum atomic E-state index is 5.77. The van der Waals surface area contributed by atoms with Gasteiger partial charge in [0.15, 0.2) is 0 Å². The van der Waals surface area contributed by atoms with Gasteiger partial charge in [0.25, 0.3) is 0 Å². The lowest BCUT2D eigenvalue weighted by Gasteiger charge is -2.18. The number of hydrazine groups is 1. The molecule has 2 aromatic rings. The second kappa shape index (κ2) is 4.29. The molecule has 0 saturated heterocycles. The Hall–Kier alpha value is -1.45. The van der Waals surface area contributed by atoms with E-state index in [1.807, 2.05) is 6.92 Å². The van der Waals surface area contributed by atoms with Crippen LogP contribution in [-0.4, -0.2) is 4.98 Å². The normalized spacial score (nSPS) is 22.4. The summed E-state index contributed by atoms with van der Waals surface area (Å²) >= 11 is 0. The summed E-state index contributed by atoms with van der Waals surface area (Å²) in [6.45, 7) is 6.62. The maximum absolute atomic E-state index is 5.77. The molecule has 3 nitrogen and oxygen atoms in total. The van der Waals surface area contributed by atoms with Crippen molar-refractivity contribution >= 4 is 10.9 Å². The van der Waals surface area contributed by atoms with Crippen LogP contribution < -0.4 is 11.3 Å². The number of benzene rings is 1. The predicted octanol–water partition coefficient (Wildman–Crippen LogP) is 3.09. The van der Waals surface area contributed by atoms with E-state index in [1.54, 1.807) is 0 Å². The van der Waals surface area contributed by atoms with Gasteiger partial charge in [-0.25, -0.2) is 0 Å². The van der Waals surface area contributed by atoms with E-state index in [4.69, 9.17) is 5.84 Å². The molecule has 19 heavy (non-hydrogen) atoms. The Morgan fingerprint density at radius 1 is 1.32 bits per heavy atom. The third-order valence-electron chi connectivity index (χ3n) is 4.38. The van der Waals surface area contributed by atoms with Gasteiger partial charge in [-0.3, -0.25) is 16.3 Å². The van der Waals surface area contributed by atoms with E-state index in [9.17, 15) is 0 Å². The van der Waals surface area contributed by atoms with Gasteiger partial charge >= 0.3 is 0 Å². The quantitative estimate of drug-likeness (QED) is 0.654. The molecule has 1 fully saturated rings. The highest BCUT2D eigenvalue weighted by Gasteiger charge is 2.50. The van der Waals surface area contributed by atoms with E-state index in [0.717, 1.165) is 11.2 Å². The first kappa shape index (κ1) is 12.6. The highest BCUT2D eigenvalue weighted by atomic mass is 15.2. The van der Waals surface area contributed by atoms with E-state index in [0.29, 0.717) is 11.3 Å². The van der Waals surface area contributed by atoms with Crippen molar-refractivity contribution in [1.82, 2.24) is 10.4 Å². The van der Waals surface area contributed by atoms with Crippen LogP contribution in [0.5, 0.6) is 0 Å². The minimum atomic E-state index is 0.237. The molecular weight excluding hydrogens is 234 g/mol. The van der Waals surface area contributed by atoms with E-state index >= 15 is 0 Å². The second-order valence-electron chi connectivity index (χ2n) is 6.35. The Kier molecular flexibility index (Phi) is 2.84. The molecule has 1 heterocycles. The lowest BCUT2D eigenvalue weighted by molar-refractivity contribution is 0.423. The molecule has 0 radical (unpaired) electrons. The molecule has 3 N–H and O–H groups in total. The summed E-state index contributed by atoms with van der Waals surface area (Å²) < 4.78 is 0. The molecule has 2 unspecified atom stereocenters. The number of nitrogens with one attached hydrogen (secondary N) is 1. The fraction of sp³-hybridized carbons (Fsp3) is 0.438. The lowest BCUT2D eigenvalue weighted by atomic mass is 9.96. The van der Waals surface area contributed by atoms with Gasteiger partial charge in [-0.15, -0.1) is 0 Å². The number of hydrogen-bond donors (Lipinski definition) is 2. The summed E-state index contributed by atoms with van der Waals surface area (Å²) in [4.78, 5) is 4.54. The number of hydrogen-bond acceptors (Lipinski definition) is 3. The minimum Gasteiger partial charge on any atom is -0.271 e. The lowest BCUT2D eigenvalue weighted by Crippen LogP contribution is -2.30. The standard InChI is InChI=1S/C16H21N3/c1-10-4-5-11-8-12(6-7-14(11)18-10)15(19-17)13-9-16(13,2)3/h4-8,13,15,19H,9,17H2,1-3H3. The van der Waals surface area contributed by atoms with Crippen molar-refractivity contribution in [3.63, 3.8) is 0 Å². The first-order chi connectivity index (χ1) is 9.01. The third kappa shape index (κ3) is 2.24. The highest BCUT2D eigenvalue weighted by molar-refractivity contribution is 5.79. The van der Waals surface area contributed by atoms with Crippen LogP contribution in [0.25, 0.3) is 10.9 Å². The fourth-order valence-electron chi connectivity index (χ4n) is 2.96. The molecule has 0 amide bonds. The monoisotopic (exact) mass is 255 g/mol. The number of pyridine rings is 1. The number of fused-ring (bicyclic) bond motifs is 1. The van der Waals surface area contributed by atoms with Crippen molar-refractivity contribution in [1.29, 1.82) is 0 Å². The molecule has 3 heteroatoms. The van der Waals surface area contributed by atoms with Crippen LogP contribution in [0.15, 0.2) is 30.3 Å². The Labute approximate surface area is 114 Å². The van der Waals surface area contributed by atoms with Gasteiger partial charge in [0.05, 0.1) is 5.52 Å². The average Bonchev–Trinajstić information content (AvgIpc) is 2.99. The maximum Gasteiger partial charge on any atom is 0.0705 e. The van der Waals surface area contributed by atoms with Crippen molar-refractivity contribution in [2.24, 2.45) is 17.2 Å². The van der Waals surface area contributed by atoms with E-state index in [2.05, 4.69) is 54.6 Å². The summed E-state index contributed by atoms with van der Waals surface area (Å²) in [7, 11) is 0. The second-order valence-corrected chi connectivity index (χ2v) is 6.35. The molecular formula is C16H21N3. The Balaban J connectivity index is 1.98. The molecule has 1 aromatic heterocycles. The Bertz CT molecular complexity index is 618. The van der Waals surface area contributed by atoms with Crippen LogP contribution in [0.3, 0.4) is 0 Å². The summed E-state index contributed by atoms with van der Waals surface area (Å²) in [5.74, 6) is 6.39. The van der Waals surface area contributed by atoms with Crippen LogP contribution in [0.4, 0.5) is 0 Å². The van der Waals surface area contributed by atoms with Gasteiger partial charge in [0, 0.05) is 17.1 Å². The van der Waals surface area contributed by atoms with Gasteiger partial charge < -0.3 is 0 Å². The van der Waals surface area contributed by atoms with Gasteiger partial charge in [0.1, 0.15) is 0 Å². The van der Waals surface area contributed by atoms with Gasteiger partial charge in [-0.05, 0) is 48.4 Å². The zero-order valence-electron chi connectivity index (χ0n) is 11.8. The number of rotatable bonds is 3. The molecule has 100 valence electrons. The molecule has 3 rings (SSSR count). The zero-order chi connectivity index (χ0) is 13.6. The summed E-state index contributed by atoms with van der Waals surface area (Å²) in [6, 6.07) is 10.9. The van der Waals surface area contributed by atoms with Gasteiger partial charge in [-0.2, -0.15) is 0 Å². The van der Waals surface area contributed by atoms with Crippen LogP contribution in [0.2, 0.25) is 0 Å². The van der Waals surface area contributed by atoms with Crippen molar-refractivity contribution in [2.45, 2.75) is 33.2 Å². The largest absolute Gasteiger partial charge is 0.271 e. The van der Waals surface area contributed by atoms with Crippen molar-refractivity contribution in [3.05, 3.63) is 41.6 Å². The number of aromatic nitrogens is 1. The molecule has 0 bridgehead atoms. The van der Waals surface area contributed by atoms with E-state index in [-0.39, 0.29) is 6.04 Å². The zero-order valence-corrected chi connectivity index (χ0v) is 11.8. The van der Waals surface area contributed by atoms with Gasteiger partial charge in [-0.1, -0.05) is 26.0 Å². The summed E-state index contributed by atoms with van der Waals surface area (Å²) in [6.07, 6.45) is 1.23. The van der Waals surface area contributed by atoms with Gasteiger partial charge in [0.2, 0.25) is 0 Å². The molecule has 1 aromatic carbocycles. The summed E-state index contributed by atoms with van der Waals surface area (Å²) in [5, 5.41) is 1.18. The van der Waals surface area contributed by atoms with Crippen LogP contribution >= 0.6 is 0 Å². The van der Waals surface area contributed by atoms with Crippen LogP contribution in [0, 0.1) is 18.3 Å². The predicted molar refractivity (Wildman–Crippen MR) is 78.4 cm³/mol. The van der Waals surface area contributed by atoms with E-state index in [1.165, 1.54) is 17.4 Å². The average molecular weight is 255 g/mol. The molecule has 1 aliphatic carbocycles. The SMILES string of the molecule is Cc1ccc2cc(C(NN)C3CC3(C)C)ccc2n1. The molecule has 1 saturated carbocycles. The number of nitrogens with two attached hydrogens (primary N) is 1. The minimum absolute atomic E-state index is 0.237. The highest BCUT2D eigenvalue weighted by Crippen LogP contribution is 2.57. The molecule has 0 aliphatic heterocycles. The molecule has 0 spiro atoms.